The number of benzene rings is 1. The molecule has 0 aromatic heterocycles. The van der Waals surface area contributed by atoms with E-state index in [-0.39, 0.29) is 24.0 Å². The summed E-state index contributed by atoms with van der Waals surface area (Å²) in [5.41, 5.74) is 1.22. The normalized spacial score (nSPS) is 15.8. The standard InChI is InChI=1S/C15H21NO4/c1-15(2,3)20-14(19)9-16-5-4-10-6-11(17)7-13(18)12(10)8-16/h6-7,17-18H,4-5,8-9H2,1-3H3. The van der Waals surface area contributed by atoms with E-state index in [9.17, 15) is 15.0 Å². The summed E-state index contributed by atoms with van der Waals surface area (Å²) >= 11 is 0. The van der Waals surface area contributed by atoms with E-state index >= 15 is 0 Å². The molecule has 0 unspecified atom stereocenters. The van der Waals surface area contributed by atoms with Gasteiger partial charge in [-0.25, -0.2) is 0 Å². The summed E-state index contributed by atoms with van der Waals surface area (Å²) in [6, 6.07) is 3.00. The molecule has 1 aliphatic heterocycles. The minimum absolute atomic E-state index is 0.0712. The zero-order valence-electron chi connectivity index (χ0n) is 12.1. The Kier molecular flexibility index (Phi) is 3.90. The van der Waals surface area contributed by atoms with Gasteiger partial charge in [0.25, 0.3) is 0 Å². The molecule has 20 heavy (non-hydrogen) atoms. The summed E-state index contributed by atoms with van der Waals surface area (Å²) in [7, 11) is 0. The van der Waals surface area contributed by atoms with Crippen LogP contribution in [0.25, 0.3) is 0 Å². The third-order valence-electron chi connectivity index (χ3n) is 3.16. The molecule has 2 rings (SSSR count). The minimum Gasteiger partial charge on any atom is -0.508 e. The van der Waals surface area contributed by atoms with Crippen LogP contribution in [0.4, 0.5) is 0 Å². The molecule has 0 bridgehead atoms. The quantitative estimate of drug-likeness (QED) is 0.808. The van der Waals surface area contributed by atoms with Gasteiger partial charge < -0.3 is 14.9 Å². The largest absolute Gasteiger partial charge is 0.508 e. The van der Waals surface area contributed by atoms with E-state index in [4.69, 9.17) is 4.74 Å². The van der Waals surface area contributed by atoms with Crippen molar-refractivity contribution in [2.75, 3.05) is 13.1 Å². The second-order valence-electron chi connectivity index (χ2n) is 6.15. The lowest BCUT2D eigenvalue weighted by atomic mass is 9.98. The van der Waals surface area contributed by atoms with Gasteiger partial charge in [0.15, 0.2) is 0 Å². The molecule has 1 heterocycles. The fraction of sp³-hybridized carbons (Fsp3) is 0.533. The average molecular weight is 279 g/mol. The van der Waals surface area contributed by atoms with Crippen LogP contribution in [0.15, 0.2) is 12.1 Å². The molecule has 1 aliphatic rings. The molecule has 0 radical (unpaired) electrons. The summed E-state index contributed by atoms with van der Waals surface area (Å²) in [5, 5.41) is 19.3. The van der Waals surface area contributed by atoms with E-state index in [0.29, 0.717) is 19.5 Å². The summed E-state index contributed by atoms with van der Waals surface area (Å²) < 4.78 is 5.29. The van der Waals surface area contributed by atoms with Crippen LogP contribution in [-0.4, -0.2) is 39.8 Å². The zero-order chi connectivity index (χ0) is 14.9. The first kappa shape index (κ1) is 14.7. The predicted molar refractivity (Wildman–Crippen MR) is 74.6 cm³/mol. The number of ether oxygens (including phenoxy) is 1. The fourth-order valence-electron chi connectivity index (χ4n) is 2.38. The van der Waals surface area contributed by atoms with Crippen LogP contribution >= 0.6 is 0 Å². The first-order valence-corrected chi connectivity index (χ1v) is 6.72. The lowest BCUT2D eigenvalue weighted by Crippen LogP contribution is -2.37. The Labute approximate surface area is 118 Å². The number of aromatic hydroxyl groups is 2. The lowest BCUT2D eigenvalue weighted by molar-refractivity contribution is -0.156. The zero-order valence-corrected chi connectivity index (χ0v) is 12.1. The highest BCUT2D eigenvalue weighted by Gasteiger charge is 2.24. The molecule has 0 amide bonds. The molecular weight excluding hydrogens is 258 g/mol. The van der Waals surface area contributed by atoms with E-state index in [1.807, 2.05) is 25.7 Å². The summed E-state index contributed by atoms with van der Waals surface area (Å²) in [5.74, 6) is -0.116. The molecule has 0 fully saturated rings. The molecule has 0 saturated carbocycles. The summed E-state index contributed by atoms with van der Waals surface area (Å²) in [6.07, 6.45) is 0.695. The van der Waals surface area contributed by atoms with Crippen LogP contribution in [0.1, 0.15) is 31.9 Å². The van der Waals surface area contributed by atoms with Crippen LogP contribution < -0.4 is 0 Å². The molecular formula is C15H21NO4. The van der Waals surface area contributed by atoms with Gasteiger partial charge in [0.05, 0.1) is 6.54 Å². The van der Waals surface area contributed by atoms with Crippen molar-refractivity contribution in [1.29, 1.82) is 0 Å². The monoisotopic (exact) mass is 279 g/mol. The van der Waals surface area contributed by atoms with Gasteiger partial charge in [-0.05, 0) is 38.8 Å². The highest BCUT2D eigenvalue weighted by atomic mass is 16.6. The molecule has 0 saturated heterocycles. The number of carbonyl (C=O) groups excluding carboxylic acids is 1. The lowest BCUT2D eigenvalue weighted by Gasteiger charge is -2.29. The van der Waals surface area contributed by atoms with Gasteiger partial charge in [-0.15, -0.1) is 0 Å². The number of nitrogens with zero attached hydrogens (tertiary/aromatic N) is 1. The van der Waals surface area contributed by atoms with Crippen molar-refractivity contribution in [1.82, 2.24) is 4.90 Å². The summed E-state index contributed by atoms with van der Waals surface area (Å²) in [6.45, 7) is 6.91. The number of rotatable bonds is 2. The number of phenols is 2. The second-order valence-corrected chi connectivity index (χ2v) is 6.15. The Balaban J connectivity index is 2.03. The average Bonchev–Trinajstić information content (AvgIpc) is 2.27. The molecule has 1 aromatic rings. The number of hydrogen-bond acceptors (Lipinski definition) is 5. The topological polar surface area (TPSA) is 70.0 Å². The third kappa shape index (κ3) is 3.63. The van der Waals surface area contributed by atoms with E-state index in [1.165, 1.54) is 6.07 Å². The van der Waals surface area contributed by atoms with E-state index in [2.05, 4.69) is 0 Å². The third-order valence-corrected chi connectivity index (χ3v) is 3.16. The Morgan fingerprint density at radius 3 is 2.70 bits per heavy atom. The number of hydrogen-bond donors (Lipinski definition) is 2. The Bertz CT molecular complexity index is 519. The molecule has 5 heteroatoms. The van der Waals surface area contributed by atoms with Crippen molar-refractivity contribution in [3.8, 4) is 11.5 Å². The molecule has 0 spiro atoms. The number of phenolic OH excluding ortho intramolecular Hbond substituents is 2. The number of carbonyl (C=O) groups is 1. The first-order chi connectivity index (χ1) is 9.24. The van der Waals surface area contributed by atoms with E-state index in [0.717, 1.165) is 11.1 Å². The van der Waals surface area contributed by atoms with Crippen molar-refractivity contribution < 1.29 is 19.7 Å². The first-order valence-electron chi connectivity index (χ1n) is 6.72. The van der Waals surface area contributed by atoms with Gasteiger partial charge in [0.1, 0.15) is 17.1 Å². The maximum atomic E-state index is 11.8. The molecule has 1 aromatic carbocycles. The highest BCUT2D eigenvalue weighted by Crippen LogP contribution is 2.31. The van der Waals surface area contributed by atoms with Gasteiger partial charge in [-0.3, -0.25) is 9.69 Å². The molecule has 2 N–H and O–H groups in total. The molecule has 110 valence electrons. The van der Waals surface area contributed by atoms with Gasteiger partial charge >= 0.3 is 5.97 Å². The predicted octanol–water partition coefficient (Wildman–Crippen LogP) is 1.80. The van der Waals surface area contributed by atoms with Gasteiger partial charge in [0.2, 0.25) is 0 Å². The second kappa shape index (κ2) is 5.32. The van der Waals surface area contributed by atoms with E-state index in [1.54, 1.807) is 6.07 Å². The molecule has 0 atom stereocenters. The minimum atomic E-state index is -0.487. The van der Waals surface area contributed by atoms with Crippen molar-refractivity contribution in [3.63, 3.8) is 0 Å². The van der Waals surface area contributed by atoms with Gasteiger partial charge in [-0.2, -0.15) is 0 Å². The van der Waals surface area contributed by atoms with E-state index < -0.39 is 5.60 Å². The Morgan fingerprint density at radius 2 is 2.05 bits per heavy atom. The Morgan fingerprint density at radius 1 is 1.35 bits per heavy atom. The van der Waals surface area contributed by atoms with Crippen LogP contribution in [0.2, 0.25) is 0 Å². The van der Waals surface area contributed by atoms with Crippen LogP contribution in [0.5, 0.6) is 11.5 Å². The number of esters is 1. The number of fused-ring (bicyclic) bond motifs is 1. The molecule has 0 aliphatic carbocycles. The van der Waals surface area contributed by atoms with Crippen molar-refractivity contribution in [3.05, 3.63) is 23.3 Å². The van der Waals surface area contributed by atoms with Crippen LogP contribution in [-0.2, 0) is 22.5 Å². The van der Waals surface area contributed by atoms with Crippen molar-refractivity contribution in [2.24, 2.45) is 0 Å². The maximum Gasteiger partial charge on any atom is 0.320 e. The highest BCUT2D eigenvalue weighted by molar-refractivity contribution is 5.72. The molecule has 5 nitrogen and oxygen atoms in total. The fourth-order valence-corrected chi connectivity index (χ4v) is 2.38. The SMILES string of the molecule is CC(C)(C)OC(=O)CN1CCc2cc(O)cc(O)c2C1. The maximum absolute atomic E-state index is 11.8. The van der Waals surface area contributed by atoms with Crippen LogP contribution in [0.3, 0.4) is 0 Å². The van der Waals surface area contributed by atoms with Gasteiger partial charge in [0, 0.05) is 24.7 Å². The Hall–Kier alpha value is -1.75. The van der Waals surface area contributed by atoms with Crippen LogP contribution in [0, 0.1) is 0 Å². The van der Waals surface area contributed by atoms with Gasteiger partial charge in [-0.1, -0.05) is 0 Å². The van der Waals surface area contributed by atoms with Crippen molar-refractivity contribution >= 4 is 5.97 Å². The summed E-state index contributed by atoms with van der Waals surface area (Å²) in [4.78, 5) is 13.7. The smallest absolute Gasteiger partial charge is 0.320 e. The van der Waals surface area contributed by atoms with Crippen molar-refractivity contribution in [2.45, 2.75) is 39.3 Å².